The summed E-state index contributed by atoms with van der Waals surface area (Å²) in [5.41, 5.74) is 2.48. The van der Waals surface area contributed by atoms with Gasteiger partial charge in [-0.25, -0.2) is 0 Å². The van der Waals surface area contributed by atoms with Gasteiger partial charge in [0.05, 0.1) is 23.3 Å². The van der Waals surface area contributed by atoms with E-state index < -0.39 is 0 Å². The molecule has 0 aromatic carbocycles. The van der Waals surface area contributed by atoms with Crippen LogP contribution in [0.5, 0.6) is 0 Å². The van der Waals surface area contributed by atoms with Crippen LogP contribution in [0.15, 0.2) is 28.9 Å². The summed E-state index contributed by atoms with van der Waals surface area (Å²) in [6.07, 6.45) is 4.62. The van der Waals surface area contributed by atoms with Crippen LogP contribution < -0.4 is 5.32 Å². The smallest absolute Gasteiger partial charge is 0.248 e. The molecule has 0 spiro atoms. The van der Waals surface area contributed by atoms with Crippen molar-refractivity contribution in [3.05, 3.63) is 41.6 Å². The second-order valence-corrected chi connectivity index (χ2v) is 4.01. The number of rotatable bonds is 3. The van der Waals surface area contributed by atoms with Crippen LogP contribution in [0.25, 0.3) is 6.08 Å². The number of hydrogen-bond donors (Lipinski definition) is 1. The molecule has 18 heavy (non-hydrogen) atoms. The molecule has 2 aromatic heterocycles. The van der Waals surface area contributed by atoms with Crippen molar-refractivity contribution < 1.29 is 9.21 Å². The van der Waals surface area contributed by atoms with E-state index in [1.54, 1.807) is 29.2 Å². The Hall–Kier alpha value is -2.30. The molecule has 0 aliphatic heterocycles. The van der Waals surface area contributed by atoms with E-state index in [0.29, 0.717) is 5.76 Å². The maximum absolute atomic E-state index is 11.7. The highest BCUT2D eigenvalue weighted by atomic mass is 16.3. The molecule has 2 aromatic rings. The van der Waals surface area contributed by atoms with Crippen LogP contribution >= 0.6 is 0 Å². The first-order chi connectivity index (χ1) is 8.58. The van der Waals surface area contributed by atoms with Crippen molar-refractivity contribution in [1.29, 1.82) is 0 Å². The number of hydrogen-bond acceptors (Lipinski definition) is 3. The van der Waals surface area contributed by atoms with E-state index in [4.69, 9.17) is 4.42 Å². The summed E-state index contributed by atoms with van der Waals surface area (Å²) in [5.74, 6) is 0.440. The molecule has 0 unspecified atom stereocenters. The molecule has 94 valence electrons. The van der Waals surface area contributed by atoms with Gasteiger partial charge in [0, 0.05) is 13.1 Å². The Morgan fingerprint density at radius 1 is 1.50 bits per heavy atom. The van der Waals surface area contributed by atoms with Gasteiger partial charge in [-0.05, 0) is 32.1 Å². The Morgan fingerprint density at radius 3 is 2.83 bits per heavy atom. The second kappa shape index (κ2) is 4.91. The second-order valence-electron chi connectivity index (χ2n) is 4.01. The minimum Gasteiger partial charge on any atom is -0.465 e. The Kier molecular flexibility index (Phi) is 3.32. The quantitative estimate of drug-likeness (QED) is 0.844. The third kappa shape index (κ3) is 2.51. The van der Waals surface area contributed by atoms with Gasteiger partial charge in [0.1, 0.15) is 5.76 Å². The van der Waals surface area contributed by atoms with E-state index in [0.717, 1.165) is 17.1 Å². The first kappa shape index (κ1) is 12.2. The number of aryl methyl sites for hydroxylation is 2. The van der Waals surface area contributed by atoms with Gasteiger partial charge in [-0.15, -0.1) is 0 Å². The molecule has 1 N–H and O–H groups in total. The van der Waals surface area contributed by atoms with Crippen molar-refractivity contribution in [3.63, 3.8) is 0 Å². The molecular weight excluding hydrogens is 230 g/mol. The van der Waals surface area contributed by atoms with Crippen molar-refractivity contribution in [2.75, 3.05) is 5.32 Å². The van der Waals surface area contributed by atoms with Crippen LogP contribution in [0.1, 0.15) is 17.1 Å². The molecule has 5 nitrogen and oxygen atoms in total. The Morgan fingerprint density at radius 2 is 2.28 bits per heavy atom. The van der Waals surface area contributed by atoms with Crippen LogP contribution in [0.2, 0.25) is 0 Å². The van der Waals surface area contributed by atoms with Crippen LogP contribution in [-0.2, 0) is 11.8 Å². The molecule has 5 heteroatoms. The molecule has 0 bridgehead atoms. The fraction of sp³-hybridized carbons (Fsp3) is 0.231. The number of carbonyl (C=O) groups excluding carboxylic acids is 1. The molecule has 0 radical (unpaired) electrons. The van der Waals surface area contributed by atoms with Crippen LogP contribution in [0, 0.1) is 13.8 Å². The van der Waals surface area contributed by atoms with Gasteiger partial charge in [0.15, 0.2) is 0 Å². The first-order valence-electron chi connectivity index (χ1n) is 5.60. The predicted octanol–water partition coefficient (Wildman–Crippen LogP) is 2.28. The number of anilines is 1. The zero-order valence-electron chi connectivity index (χ0n) is 10.6. The number of nitrogens with zero attached hydrogens (tertiary/aromatic N) is 2. The average Bonchev–Trinajstić information content (AvgIpc) is 2.92. The molecule has 0 aliphatic carbocycles. The molecule has 0 saturated carbocycles. The van der Waals surface area contributed by atoms with Gasteiger partial charge < -0.3 is 9.73 Å². The minimum absolute atomic E-state index is 0.203. The van der Waals surface area contributed by atoms with Crippen LogP contribution in [0.3, 0.4) is 0 Å². The summed E-state index contributed by atoms with van der Waals surface area (Å²) in [5, 5.41) is 7.04. The van der Waals surface area contributed by atoms with Gasteiger partial charge in [-0.3, -0.25) is 9.48 Å². The SMILES string of the molecule is Cc1nn(C)c(C)c1NC(=O)/C=C/c1ccco1. The maximum atomic E-state index is 11.7. The molecule has 1 amide bonds. The highest BCUT2D eigenvalue weighted by molar-refractivity contribution is 6.02. The lowest BCUT2D eigenvalue weighted by Crippen LogP contribution is -2.09. The highest BCUT2D eigenvalue weighted by Crippen LogP contribution is 2.18. The van der Waals surface area contributed by atoms with E-state index in [1.807, 2.05) is 20.9 Å². The highest BCUT2D eigenvalue weighted by Gasteiger charge is 2.10. The fourth-order valence-corrected chi connectivity index (χ4v) is 1.66. The fourth-order valence-electron chi connectivity index (χ4n) is 1.66. The summed E-state index contributed by atoms with van der Waals surface area (Å²) < 4.78 is 6.84. The third-order valence-electron chi connectivity index (χ3n) is 2.70. The first-order valence-corrected chi connectivity index (χ1v) is 5.60. The standard InChI is InChI=1S/C13H15N3O2/c1-9-13(10(2)16(3)15-9)14-12(17)7-6-11-5-4-8-18-11/h4-8H,1-3H3,(H,14,17)/b7-6+. The summed E-state index contributed by atoms with van der Waals surface area (Å²) in [7, 11) is 1.84. The van der Waals surface area contributed by atoms with E-state index >= 15 is 0 Å². The maximum Gasteiger partial charge on any atom is 0.248 e. The number of furan rings is 1. The lowest BCUT2D eigenvalue weighted by atomic mass is 10.3. The third-order valence-corrected chi connectivity index (χ3v) is 2.70. The summed E-state index contributed by atoms with van der Waals surface area (Å²) in [6.45, 7) is 3.77. The van der Waals surface area contributed by atoms with Crippen molar-refractivity contribution >= 4 is 17.7 Å². The Bertz CT molecular complexity index is 580. The minimum atomic E-state index is -0.203. The van der Waals surface area contributed by atoms with E-state index in [9.17, 15) is 4.79 Å². The van der Waals surface area contributed by atoms with E-state index in [-0.39, 0.29) is 5.91 Å². The number of aromatic nitrogens is 2. The zero-order chi connectivity index (χ0) is 13.1. The van der Waals surface area contributed by atoms with Crippen LogP contribution in [0.4, 0.5) is 5.69 Å². The summed E-state index contributed by atoms with van der Waals surface area (Å²) in [6, 6.07) is 3.55. The Labute approximate surface area is 105 Å². The van der Waals surface area contributed by atoms with Crippen molar-refractivity contribution in [2.24, 2.45) is 7.05 Å². The van der Waals surface area contributed by atoms with Gasteiger partial charge >= 0.3 is 0 Å². The number of carbonyl (C=O) groups is 1. The van der Waals surface area contributed by atoms with E-state index in [1.165, 1.54) is 6.08 Å². The Balaban J connectivity index is 2.08. The number of amides is 1. The monoisotopic (exact) mass is 245 g/mol. The molecule has 0 fully saturated rings. The van der Waals surface area contributed by atoms with E-state index in [2.05, 4.69) is 10.4 Å². The van der Waals surface area contributed by atoms with Gasteiger partial charge in [-0.1, -0.05) is 0 Å². The van der Waals surface area contributed by atoms with Gasteiger partial charge in [0.25, 0.3) is 0 Å². The summed E-state index contributed by atoms with van der Waals surface area (Å²) in [4.78, 5) is 11.7. The predicted molar refractivity (Wildman–Crippen MR) is 69.1 cm³/mol. The molecule has 2 rings (SSSR count). The normalized spacial score (nSPS) is 11.1. The zero-order valence-corrected chi connectivity index (χ0v) is 10.6. The number of nitrogens with one attached hydrogen (secondary N) is 1. The van der Waals surface area contributed by atoms with Gasteiger partial charge in [-0.2, -0.15) is 5.10 Å². The summed E-state index contributed by atoms with van der Waals surface area (Å²) >= 11 is 0. The largest absolute Gasteiger partial charge is 0.465 e. The molecule has 2 heterocycles. The molecule has 0 aliphatic rings. The van der Waals surface area contributed by atoms with Crippen LogP contribution in [-0.4, -0.2) is 15.7 Å². The lowest BCUT2D eigenvalue weighted by Gasteiger charge is -2.01. The topological polar surface area (TPSA) is 60.1 Å². The van der Waals surface area contributed by atoms with Crippen molar-refractivity contribution in [3.8, 4) is 0 Å². The molecule has 0 atom stereocenters. The average molecular weight is 245 g/mol. The molecule has 0 saturated heterocycles. The van der Waals surface area contributed by atoms with Crippen molar-refractivity contribution in [1.82, 2.24) is 9.78 Å². The molecular formula is C13H15N3O2. The van der Waals surface area contributed by atoms with Crippen molar-refractivity contribution in [2.45, 2.75) is 13.8 Å². The lowest BCUT2D eigenvalue weighted by molar-refractivity contribution is -0.111. The van der Waals surface area contributed by atoms with Gasteiger partial charge in [0.2, 0.25) is 5.91 Å².